The molecule has 0 spiro atoms. The Balaban J connectivity index is 1.92. The van der Waals surface area contributed by atoms with Crippen LogP contribution in [0.2, 0.25) is 5.02 Å². The smallest absolute Gasteiger partial charge is 0.258 e. The van der Waals surface area contributed by atoms with Crippen molar-refractivity contribution in [1.82, 2.24) is 5.32 Å². The molecular weight excluding hydrogens is 314 g/mol. The van der Waals surface area contributed by atoms with Gasteiger partial charge in [-0.1, -0.05) is 29.8 Å². The van der Waals surface area contributed by atoms with Crippen molar-refractivity contribution in [3.63, 3.8) is 0 Å². The number of carbonyl (C=O) groups excluding carboxylic acids is 1. The van der Waals surface area contributed by atoms with Crippen LogP contribution in [0, 0.1) is 6.92 Å². The monoisotopic (exact) mass is 333 g/mol. The van der Waals surface area contributed by atoms with E-state index in [2.05, 4.69) is 5.32 Å². The van der Waals surface area contributed by atoms with Gasteiger partial charge < -0.3 is 14.8 Å². The van der Waals surface area contributed by atoms with Crippen LogP contribution >= 0.6 is 11.6 Å². The molecule has 1 atom stereocenters. The summed E-state index contributed by atoms with van der Waals surface area (Å²) in [5.74, 6) is 1.16. The van der Waals surface area contributed by atoms with E-state index in [9.17, 15) is 4.79 Å². The van der Waals surface area contributed by atoms with Crippen LogP contribution in [0.15, 0.2) is 42.5 Å². The summed E-state index contributed by atoms with van der Waals surface area (Å²) < 4.78 is 10.8. The number of carbonyl (C=O) groups is 1. The summed E-state index contributed by atoms with van der Waals surface area (Å²) in [5, 5.41) is 3.57. The quantitative estimate of drug-likeness (QED) is 0.871. The van der Waals surface area contributed by atoms with Crippen LogP contribution in [0.25, 0.3) is 0 Å². The number of methoxy groups -OCH3 is 1. The number of hydrogen-bond donors (Lipinski definition) is 1. The second-order valence-electron chi connectivity index (χ2n) is 5.23. The second kappa shape index (κ2) is 7.88. The molecule has 0 saturated heterocycles. The molecule has 2 aromatic rings. The molecular formula is C18H20ClNO3. The lowest BCUT2D eigenvalue weighted by atomic mass is 10.1. The molecule has 0 radical (unpaired) electrons. The Hall–Kier alpha value is -2.20. The fourth-order valence-electron chi connectivity index (χ4n) is 2.24. The maximum atomic E-state index is 12.0. The number of amides is 1. The molecule has 5 heteroatoms. The normalized spacial score (nSPS) is 11.7. The van der Waals surface area contributed by atoms with Gasteiger partial charge in [0.05, 0.1) is 13.2 Å². The van der Waals surface area contributed by atoms with E-state index in [1.165, 1.54) is 0 Å². The third-order valence-electron chi connectivity index (χ3n) is 3.48. The van der Waals surface area contributed by atoms with E-state index in [0.29, 0.717) is 10.8 Å². The molecule has 2 aromatic carbocycles. The molecule has 4 nitrogen and oxygen atoms in total. The van der Waals surface area contributed by atoms with Gasteiger partial charge in [-0.3, -0.25) is 4.79 Å². The van der Waals surface area contributed by atoms with Crippen molar-refractivity contribution in [2.24, 2.45) is 0 Å². The van der Waals surface area contributed by atoms with Crippen LogP contribution in [-0.4, -0.2) is 19.6 Å². The van der Waals surface area contributed by atoms with E-state index in [-0.39, 0.29) is 18.6 Å². The Morgan fingerprint density at radius 2 is 2.00 bits per heavy atom. The molecule has 0 unspecified atom stereocenters. The lowest BCUT2D eigenvalue weighted by Gasteiger charge is -2.17. The zero-order chi connectivity index (χ0) is 16.8. The van der Waals surface area contributed by atoms with Crippen LogP contribution in [0.3, 0.4) is 0 Å². The van der Waals surface area contributed by atoms with E-state index < -0.39 is 0 Å². The highest BCUT2D eigenvalue weighted by Crippen LogP contribution is 2.24. The van der Waals surface area contributed by atoms with Crippen molar-refractivity contribution in [3.8, 4) is 11.5 Å². The predicted molar refractivity (Wildman–Crippen MR) is 91.2 cm³/mol. The van der Waals surface area contributed by atoms with Gasteiger partial charge in [-0.25, -0.2) is 0 Å². The molecule has 1 N–H and O–H groups in total. The van der Waals surface area contributed by atoms with Gasteiger partial charge in [0.2, 0.25) is 0 Å². The van der Waals surface area contributed by atoms with Crippen molar-refractivity contribution in [2.75, 3.05) is 13.7 Å². The molecule has 0 fully saturated rings. The van der Waals surface area contributed by atoms with Crippen LogP contribution in [0.5, 0.6) is 11.5 Å². The number of hydrogen-bond acceptors (Lipinski definition) is 3. The minimum atomic E-state index is -0.198. The maximum absolute atomic E-state index is 12.0. The van der Waals surface area contributed by atoms with Gasteiger partial charge in [0, 0.05) is 10.6 Å². The van der Waals surface area contributed by atoms with Gasteiger partial charge in [0.25, 0.3) is 5.91 Å². The summed E-state index contributed by atoms with van der Waals surface area (Å²) in [6.45, 7) is 3.74. The largest absolute Gasteiger partial charge is 0.496 e. The highest BCUT2D eigenvalue weighted by atomic mass is 35.5. The highest BCUT2D eigenvalue weighted by Gasteiger charge is 2.14. The number of ether oxygens (including phenoxy) is 2. The minimum absolute atomic E-state index is 0.0550. The summed E-state index contributed by atoms with van der Waals surface area (Å²) in [4.78, 5) is 12.0. The number of halogens is 1. The van der Waals surface area contributed by atoms with Crippen LogP contribution in [-0.2, 0) is 4.79 Å². The molecule has 1 amide bonds. The second-order valence-corrected chi connectivity index (χ2v) is 5.64. The number of para-hydroxylation sites is 1. The lowest BCUT2D eigenvalue weighted by Crippen LogP contribution is -2.31. The van der Waals surface area contributed by atoms with Gasteiger partial charge in [-0.15, -0.1) is 0 Å². The third kappa shape index (κ3) is 4.63. The zero-order valence-corrected chi connectivity index (χ0v) is 14.2. The maximum Gasteiger partial charge on any atom is 0.258 e. The third-order valence-corrected chi connectivity index (χ3v) is 3.91. The summed E-state index contributed by atoms with van der Waals surface area (Å²) in [6, 6.07) is 12.7. The standard InChI is InChI=1S/C18H20ClNO3/c1-12-10-14(8-9-16(12)19)23-11-18(21)20-13(2)15-6-4-5-7-17(15)22-3/h4-10,13H,11H2,1-3H3,(H,20,21)/t13-/m0/s1. The van der Waals surface area contributed by atoms with E-state index in [1.54, 1.807) is 25.3 Å². The molecule has 122 valence electrons. The van der Waals surface area contributed by atoms with Crippen LogP contribution < -0.4 is 14.8 Å². The predicted octanol–water partition coefficient (Wildman–Crippen LogP) is 3.91. The van der Waals surface area contributed by atoms with Crippen LogP contribution in [0.4, 0.5) is 0 Å². The molecule has 0 saturated carbocycles. The molecule has 2 rings (SSSR count). The first kappa shape index (κ1) is 17.2. The lowest BCUT2D eigenvalue weighted by molar-refractivity contribution is -0.123. The van der Waals surface area contributed by atoms with Crippen molar-refractivity contribution in [2.45, 2.75) is 19.9 Å². The Morgan fingerprint density at radius 3 is 2.70 bits per heavy atom. The number of aryl methyl sites for hydroxylation is 1. The highest BCUT2D eigenvalue weighted by molar-refractivity contribution is 6.31. The minimum Gasteiger partial charge on any atom is -0.496 e. The molecule has 0 aromatic heterocycles. The first-order chi connectivity index (χ1) is 11.0. The Kier molecular flexibility index (Phi) is 5.88. The molecule has 0 aliphatic heterocycles. The van der Waals surface area contributed by atoms with E-state index >= 15 is 0 Å². The summed E-state index contributed by atoms with van der Waals surface area (Å²) in [6.07, 6.45) is 0. The fourth-order valence-corrected chi connectivity index (χ4v) is 2.36. The molecule has 0 aliphatic rings. The van der Waals surface area contributed by atoms with E-state index in [1.807, 2.05) is 38.1 Å². The molecule has 0 heterocycles. The molecule has 0 bridgehead atoms. The van der Waals surface area contributed by atoms with Gasteiger partial charge in [-0.2, -0.15) is 0 Å². The Labute approximate surface area is 141 Å². The van der Waals surface area contributed by atoms with E-state index in [4.69, 9.17) is 21.1 Å². The first-order valence-corrected chi connectivity index (χ1v) is 7.70. The van der Waals surface area contributed by atoms with Gasteiger partial charge >= 0.3 is 0 Å². The van der Waals surface area contributed by atoms with Crippen LogP contribution in [0.1, 0.15) is 24.1 Å². The summed E-state index contributed by atoms with van der Waals surface area (Å²) in [5.41, 5.74) is 1.83. The first-order valence-electron chi connectivity index (χ1n) is 7.32. The van der Waals surface area contributed by atoms with Crippen molar-refractivity contribution < 1.29 is 14.3 Å². The van der Waals surface area contributed by atoms with E-state index in [0.717, 1.165) is 16.9 Å². The Morgan fingerprint density at radius 1 is 1.26 bits per heavy atom. The van der Waals surface area contributed by atoms with Crippen molar-refractivity contribution in [3.05, 3.63) is 58.6 Å². The topological polar surface area (TPSA) is 47.6 Å². The number of benzene rings is 2. The van der Waals surface area contributed by atoms with Gasteiger partial charge in [-0.05, 0) is 43.7 Å². The number of rotatable bonds is 6. The Bertz CT molecular complexity index is 688. The SMILES string of the molecule is COc1ccccc1[C@H](C)NC(=O)COc1ccc(Cl)c(C)c1. The molecule has 0 aliphatic carbocycles. The van der Waals surface area contributed by atoms with Crippen molar-refractivity contribution in [1.29, 1.82) is 0 Å². The van der Waals surface area contributed by atoms with Crippen molar-refractivity contribution >= 4 is 17.5 Å². The fraction of sp³-hybridized carbons (Fsp3) is 0.278. The summed E-state index contributed by atoms with van der Waals surface area (Å²) in [7, 11) is 1.61. The average Bonchev–Trinajstić information content (AvgIpc) is 2.55. The number of nitrogens with one attached hydrogen (secondary N) is 1. The zero-order valence-electron chi connectivity index (χ0n) is 13.4. The molecule has 23 heavy (non-hydrogen) atoms. The average molecular weight is 334 g/mol. The van der Waals surface area contributed by atoms with Gasteiger partial charge in [0.15, 0.2) is 6.61 Å². The summed E-state index contributed by atoms with van der Waals surface area (Å²) >= 11 is 5.96. The van der Waals surface area contributed by atoms with Gasteiger partial charge in [0.1, 0.15) is 11.5 Å².